The lowest BCUT2D eigenvalue weighted by Crippen LogP contribution is -2.27. The molecule has 0 amide bonds. The molecular formula is C14H17N3O2. The molecule has 0 saturated carbocycles. The molecule has 19 heavy (non-hydrogen) atoms. The van der Waals surface area contributed by atoms with E-state index in [9.17, 15) is 4.79 Å². The van der Waals surface area contributed by atoms with Crippen molar-refractivity contribution >= 4 is 6.09 Å². The fraction of sp³-hybridized carbons (Fsp3) is 0.357. The van der Waals surface area contributed by atoms with Crippen LogP contribution in [0.1, 0.15) is 26.5 Å². The summed E-state index contributed by atoms with van der Waals surface area (Å²) in [6.07, 6.45) is 4.45. The van der Waals surface area contributed by atoms with Crippen molar-refractivity contribution in [1.82, 2.24) is 14.5 Å². The molecule has 0 radical (unpaired) electrons. The van der Waals surface area contributed by atoms with Gasteiger partial charge < -0.3 is 4.74 Å². The molecule has 0 aliphatic rings. The summed E-state index contributed by atoms with van der Waals surface area (Å²) in [6.45, 7) is 7.39. The van der Waals surface area contributed by atoms with Crippen molar-refractivity contribution in [1.29, 1.82) is 0 Å². The average molecular weight is 259 g/mol. The average Bonchev–Trinajstić information content (AvgIpc) is 2.76. The third-order valence-electron chi connectivity index (χ3n) is 2.53. The molecule has 0 unspecified atom stereocenters. The van der Waals surface area contributed by atoms with E-state index in [2.05, 4.69) is 9.97 Å². The first kappa shape index (κ1) is 13.3. The zero-order chi connectivity index (χ0) is 14.0. The Hall–Kier alpha value is -2.17. The quantitative estimate of drug-likeness (QED) is 0.789. The molecule has 100 valence electrons. The summed E-state index contributed by atoms with van der Waals surface area (Å²) < 4.78 is 6.84. The third kappa shape index (κ3) is 2.99. The lowest BCUT2D eigenvalue weighted by atomic mass is 10.2. The van der Waals surface area contributed by atoms with Crippen molar-refractivity contribution in [2.45, 2.75) is 33.3 Å². The number of aromatic nitrogens is 3. The number of nitrogens with zero attached hydrogens (tertiary/aromatic N) is 3. The molecule has 5 nitrogen and oxygen atoms in total. The third-order valence-corrected chi connectivity index (χ3v) is 2.53. The summed E-state index contributed by atoms with van der Waals surface area (Å²) in [5.41, 5.74) is 1.84. The van der Waals surface area contributed by atoms with E-state index < -0.39 is 11.7 Å². The maximum Gasteiger partial charge on any atom is 0.418 e. The van der Waals surface area contributed by atoms with Crippen molar-refractivity contribution in [3.63, 3.8) is 0 Å². The fourth-order valence-corrected chi connectivity index (χ4v) is 1.71. The molecule has 2 aromatic rings. The summed E-state index contributed by atoms with van der Waals surface area (Å²) in [5.74, 6) is 0. The Morgan fingerprint density at radius 2 is 2.11 bits per heavy atom. The molecule has 0 aromatic carbocycles. The van der Waals surface area contributed by atoms with Crippen molar-refractivity contribution in [2.75, 3.05) is 0 Å². The Kier molecular flexibility index (Phi) is 3.38. The lowest BCUT2D eigenvalue weighted by Gasteiger charge is -2.20. The van der Waals surface area contributed by atoms with E-state index in [0.717, 1.165) is 17.0 Å². The minimum absolute atomic E-state index is 0.407. The minimum atomic E-state index is -0.527. The Morgan fingerprint density at radius 3 is 2.74 bits per heavy atom. The summed E-state index contributed by atoms with van der Waals surface area (Å²) in [4.78, 5) is 20.3. The van der Waals surface area contributed by atoms with Crippen LogP contribution in [0.3, 0.4) is 0 Å². The molecule has 0 aliphatic heterocycles. The van der Waals surface area contributed by atoms with Crippen LogP contribution in [0.25, 0.3) is 11.3 Å². The SMILES string of the molecule is Cc1ncncc1-c1cccn1C(=O)OC(C)(C)C. The number of ether oxygens (including phenoxy) is 1. The first-order chi connectivity index (χ1) is 8.88. The molecule has 2 rings (SSSR count). The van der Waals surface area contributed by atoms with Gasteiger partial charge in [0.25, 0.3) is 0 Å². The molecule has 0 atom stereocenters. The van der Waals surface area contributed by atoms with E-state index in [-0.39, 0.29) is 0 Å². The van der Waals surface area contributed by atoms with Crippen LogP contribution in [0.5, 0.6) is 0 Å². The van der Waals surface area contributed by atoms with Crippen LogP contribution >= 0.6 is 0 Å². The van der Waals surface area contributed by atoms with Crippen LogP contribution in [-0.4, -0.2) is 26.2 Å². The predicted molar refractivity (Wildman–Crippen MR) is 71.8 cm³/mol. The van der Waals surface area contributed by atoms with Crippen molar-refractivity contribution < 1.29 is 9.53 Å². The molecule has 5 heteroatoms. The van der Waals surface area contributed by atoms with Gasteiger partial charge in [0.2, 0.25) is 0 Å². The summed E-state index contributed by atoms with van der Waals surface area (Å²) in [6, 6.07) is 3.64. The Morgan fingerprint density at radius 1 is 1.37 bits per heavy atom. The largest absolute Gasteiger partial charge is 0.443 e. The predicted octanol–water partition coefficient (Wildman–Crippen LogP) is 3.04. The minimum Gasteiger partial charge on any atom is -0.443 e. The van der Waals surface area contributed by atoms with Gasteiger partial charge in [-0.05, 0) is 39.8 Å². The van der Waals surface area contributed by atoms with Gasteiger partial charge >= 0.3 is 6.09 Å². The Balaban J connectivity index is 2.39. The smallest absolute Gasteiger partial charge is 0.418 e. The van der Waals surface area contributed by atoms with Gasteiger partial charge in [-0.1, -0.05) is 0 Å². The Bertz CT molecular complexity index is 597. The van der Waals surface area contributed by atoms with Crippen LogP contribution in [0.2, 0.25) is 0 Å². The highest BCUT2D eigenvalue weighted by Gasteiger charge is 2.20. The van der Waals surface area contributed by atoms with Gasteiger partial charge in [0.15, 0.2) is 0 Å². The summed E-state index contributed by atoms with van der Waals surface area (Å²) in [7, 11) is 0. The Labute approximate surface area is 112 Å². The number of aryl methyl sites for hydroxylation is 1. The molecule has 0 fully saturated rings. The highest BCUT2D eigenvalue weighted by atomic mass is 16.6. The first-order valence-electron chi connectivity index (χ1n) is 6.06. The van der Waals surface area contributed by atoms with Crippen LogP contribution in [-0.2, 0) is 4.74 Å². The lowest BCUT2D eigenvalue weighted by molar-refractivity contribution is 0.0540. The van der Waals surface area contributed by atoms with Crippen LogP contribution in [0, 0.1) is 6.92 Å². The van der Waals surface area contributed by atoms with E-state index >= 15 is 0 Å². The van der Waals surface area contributed by atoms with Gasteiger partial charge in [0.05, 0.1) is 5.69 Å². The van der Waals surface area contributed by atoms with Crippen molar-refractivity contribution in [3.8, 4) is 11.3 Å². The van der Waals surface area contributed by atoms with Crippen LogP contribution in [0.4, 0.5) is 4.79 Å². The van der Waals surface area contributed by atoms with Gasteiger partial charge in [0.1, 0.15) is 11.9 Å². The number of carbonyl (C=O) groups excluding carboxylic acids is 1. The van der Waals surface area contributed by atoms with Gasteiger partial charge in [-0.25, -0.2) is 14.8 Å². The topological polar surface area (TPSA) is 57.0 Å². The second-order valence-electron chi connectivity index (χ2n) is 5.27. The van der Waals surface area contributed by atoms with E-state index in [0.29, 0.717) is 0 Å². The molecule has 0 aliphatic carbocycles. The van der Waals surface area contributed by atoms with E-state index in [1.807, 2.05) is 33.8 Å². The fourth-order valence-electron chi connectivity index (χ4n) is 1.71. The van der Waals surface area contributed by atoms with Gasteiger partial charge in [-0.3, -0.25) is 4.57 Å². The zero-order valence-electron chi connectivity index (χ0n) is 11.5. The van der Waals surface area contributed by atoms with Crippen LogP contribution in [0.15, 0.2) is 30.9 Å². The number of hydrogen-bond donors (Lipinski definition) is 0. The highest BCUT2D eigenvalue weighted by molar-refractivity contribution is 5.79. The number of rotatable bonds is 1. The molecule has 0 N–H and O–H groups in total. The number of carbonyl (C=O) groups is 1. The second-order valence-corrected chi connectivity index (χ2v) is 5.27. The van der Waals surface area contributed by atoms with Gasteiger partial charge in [-0.2, -0.15) is 0 Å². The molecule has 0 bridgehead atoms. The zero-order valence-corrected chi connectivity index (χ0v) is 11.5. The maximum atomic E-state index is 12.1. The summed E-state index contributed by atoms with van der Waals surface area (Å²) in [5, 5.41) is 0. The monoisotopic (exact) mass is 259 g/mol. The molecule has 2 heterocycles. The molecular weight excluding hydrogens is 242 g/mol. The van der Waals surface area contributed by atoms with Crippen molar-refractivity contribution in [2.24, 2.45) is 0 Å². The normalized spacial score (nSPS) is 11.4. The van der Waals surface area contributed by atoms with E-state index in [4.69, 9.17) is 4.74 Å². The molecule has 2 aromatic heterocycles. The van der Waals surface area contributed by atoms with Crippen LogP contribution < -0.4 is 0 Å². The molecule has 0 spiro atoms. The first-order valence-corrected chi connectivity index (χ1v) is 6.06. The van der Waals surface area contributed by atoms with Gasteiger partial charge in [-0.15, -0.1) is 0 Å². The van der Waals surface area contributed by atoms with Crippen molar-refractivity contribution in [3.05, 3.63) is 36.5 Å². The van der Waals surface area contributed by atoms with Gasteiger partial charge in [0, 0.05) is 23.7 Å². The van der Waals surface area contributed by atoms with E-state index in [1.165, 1.54) is 10.9 Å². The maximum absolute atomic E-state index is 12.1. The standard InChI is InChI=1S/C14H17N3O2/c1-10-11(8-15-9-16-10)12-6-5-7-17(12)13(18)19-14(2,3)4/h5-9H,1-4H3. The molecule has 0 saturated heterocycles. The second kappa shape index (κ2) is 4.84. The summed E-state index contributed by atoms with van der Waals surface area (Å²) >= 11 is 0. The highest BCUT2D eigenvalue weighted by Crippen LogP contribution is 2.22. The number of hydrogen-bond acceptors (Lipinski definition) is 4. The van der Waals surface area contributed by atoms with E-state index in [1.54, 1.807) is 18.5 Å².